The van der Waals surface area contributed by atoms with Crippen molar-refractivity contribution in [3.63, 3.8) is 0 Å². The third-order valence-corrected chi connectivity index (χ3v) is 9.52. The second-order valence-corrected chi connectivity index (χ2v) is 12.0. The third-order valence-electron chi connectivity index (χ3n) is 7.05. The van der Waals surface area contributed by atoms with Crippen LogP contribution in [0.15, 0.2) is 47.4 Å². The maximum Gasteiger partial charge on any atom is 0.421 e. The van der Waals surface area contributed by atoms with Gasteiger partial charge in [0.05, 0.1) is 17.1 Å². The van der Waals surface area contributed by atoms with E-state index in [4.69, 9.17) is 12.2 Å². The Bertz CT molecular complexity index is 1150. The van der Waals surface area contributed by atoms with E-state index in [2.05, 4.69) is 4.90 Å². The quantitative estimate of drug-likeness (QED) is 0.532. The van der Waals surface area contributed by atoms with Crippen LogP contribution in [0.4, 0.5) is 18.9 Å². The molecular formula is C24H30F3N3O4S2. The molecule has 7 nitrogen and oxygen atoms in total. The lowest BCUT2D eigenvalue weighted by molar-refractivity contribution is -0.258. The van der Waals surface area contributed by atoms with Gasteiger partial charge in [-0.15, -0.1) is 0 Å². The molecule has 3 aliphatic rings. The van der Waals surface area contributed by atoms with Crippen molar-refractivity contribution in [3.8, 4) is 0 Å². The topological polar surface area (TPSA) is 84.3 Å². The number of benzene rings is 1. The minimum Gasteiger partial charge on any atom is -0.392 e. The Hall–Kier alpha value is -1.83. The van der Waals surface area contributed by atoms with Crippen molar-refractivity contribution >= 4 is 32.8 Å². The van der Waals surface area contributed by atoms with E-state index in [1.54, 1.807) is 12.2 Å². The van der Waals surface area contributed by atoms with E-state index in [0.717, 1.165) is 0 Å². The van der Waals surface area contributed by atoms with Gasteiger partial charge in [0.15, 0.2) is 5.60 Å². The molecular weight excluding hydrogens is 515 g/mol. The third kappa shape index (κ3) is 5.39. The lowest BCUT2D eigenvalue weighted by Crippen LogP contribution is -2.58. The normalized spacial score (nSPS) is 26.2. The molecule has 4 rings (SSSR count). The smallest absolute Gasteiger partial charge is 0.392 e. The van der Waals surface area contributed by atoms with Gasteiger partial charge in [-0.25, -0.2) is 8.42 Å². The monoisotopic (exact) mass is 545 g/mol. The number of aliphatic hydroxyl groups excluding tert-OH is 1. The Morgan fingerprint density at radius 3 is 2.39 bits per heavy atom. The number of rotatable bonds is 6. The average Bonchev–Trinajstić information content (AvgIpc) is 3.23. The van der Waals surface area contributed by atoms with Crippen molar-refractivity contribution in [1.29, 1.82) is 0 Å². The molecule has 198 valence electrons. The molecule has 1 aliphatic carbocycles. The Morgan fingerprint density at radius 1 is 1.11 bits per heavy atom. The number of aliphatic hydroxyl groups is 2. The number of hydrogen-bond acceptors (Lipinski definition) is 7. The summed E-state index contributed by atoms with van der Waals surface area (Å²) >= 11 is 5.30. The highest BCUT2D eigenvalue weighted by Gasteiger charge is 2.51. The number of likely N-dealkylation sites (tertiary alicyclic amines) is 1. The lowest BCUT2D eigenvalue weighted by atomic mass is 9.95. The van der Waals surface area contributed by atoms with Crippen LogP contribution in [-0.4, -0.2) is 90.3 Å². The summed E-state index contributed by atoms with van der Waals surface area (Å²) in [5, 5.41) is 20.0. The number of allylic oxidation sites excluding steroid dienone is 4. The zero-order valence-electron chi connectivity index (χ0n) is 19.9. The first-order chi connectivity index (χ1) is 16.8. The maximum absolute atomic E-state index is 13.4. The first kappa shape index (κ1) is 27.2. The fourth-order valence-corrected chi connectivity index (χ4v) is 6.92. The zero-order valence-corrected chi connectivity index (χ0v) is 21.5. The summed E-state index contributed by atoms with van der Waals surface area (Å²) in [5.74, 6) is 0. The second kappa shape index (κ2) is 10.1. The van der Waals surface area contributed by atoms with Gasteiger partial charge in [-0.1, -0.05) is 36.5 Å². The highest BCUT2D eigenvalue weighted by molar-refractivity contribution is 7.96. The summed E-state index contributed by atoms with van der Waals surface area (Å²) in [5.41, 5.74) is -2.62. The second-order valence-electron chi connectivity index (χ2n) is 9.62. The molecule has 0 bridgehead atoms. The first-order valence-electron chi connectivity index (χ1n) is 11.8. The van der Waals surface area contributed by atoms with Crippen LogP contribution in [0.5, 0.6) is 0 Å². The number of hydrogen-bond donors (Lipinski definition) is 2. The van der Waals surface area contributed by atoms with Gasteiger partial charge in [-0.2, -0.15) is 17.5 Å². The zero-order chi connectivity index (χ0) is 26.3. The first-order valence-corrected chi connectivity index (χ1v) is 13.6. The number of thiocarbonyl (C=S) groups is 1. The minimum absolute atomic E-state index is 0.127. The number of β-amino-alcohol motifs (C(OH)–C–C–N with tert-alkyl or cyclic N) is 1. The number of alkyl halides is 3. The SMILES string of the molecule is C[C@@](O)(c1ccc(N2CCN(S(=O)(=O)C3=CC=CCC3=S)C[C@H]2CN2CC[C@@H](O)C2)cc1)C(F)(F)F. The minimum atomic E-state index is -4.82. The molecule has 0 radical (unpaired) electrons. The van der Waals surface area contributed by atoms with Crippen molar-refractivity contribution < 1.29 is 31.8 Å². The summed E-state index contributed by atoms with van der Waals surface area (Å²) in [4.78, 5) is 4.54. The van der Waals surface area contributed by atoms with Crippen LogP contribution in [0.1, 0.15) is 25.3 Å². The van der Waals surface area contributed by atoms with Crippen LogP contribution in [0.25, 0.3) is 0 Å². The molecule has 2 saturated heterocycles. The van der Waals surface area contributed by atoms with Crippen molar-refractivity contribution in [3.05, 3.63) is 53.0 Å². The molecule has 0 spiro atoms. The number of sulfonamides is 1. The van der Waals surface area contributed by atoms with Gasteiger partial charge in [0.1, 0.15) is 0 Å². The van der Waals surface area contributed by atoms with Crippen molar-refractivity contribution in [2.45, 2.75) is 43.7 Å². The molecule has 1 aromatic carbocycles. The fraction of sp³-hybridized carbons (Fsp3) is 0.542. The number of anilines is 1. The van der Waals surface area contributed by atoms with Gasteiger partial charge >= 0.3 is 6.18 Å². The van der Waals surface area contributed by atoms with Gasteiger partial charge < -0.3 is 15.1 Å². The summed E-state index contributed by atoms with van der Waals surface area (Å²) in [6.45, 7) is 3.02. The van der Waals surface area contributed by atoms with E-state index < -0.39 is 27.9 Å². The van der Waals surface area contributed by atoms with E-state index in [0.29, 0.717) is 56.5 Å². The van der Waals surface area contributed by atoms with Gasteiger partial charge in [0.25, 0.3) is 0 Å². The molecule has 3 atom stereocenters. The Morgan fingerprint density at radius 2 is 1.81 bits per heavy atom. The average molecular weight is 546 g/mol. The molecule has 12 heteroatoms. The van der Waals surface area contributed by atoms with E-state index in [1.807, 2.05) is 4.90 Å². The van der Waals surface area contributed by atoms with E-state index >= 15 is 0 Å². The van der Waals surface area contributed by atoms with Crippen LogP contribution < -0.4 is 4.90 Å². The van der Waals surface area contributed by atoms with Gasteiger partial charge in [0, 0.05) is 56.2 Å². The molecule has 0 unspecified atom stereocenters. The van der Waals surface area contributed by atoms with Crippen LogP contribution in [0.2, 0.25) is 0 Å². The predicted molar refractivity (Wildman–Crippen MR) is 135 cm³/mol. The molecule has 0 aromatic heterocycles. The molecule has 2 aliphatic heterocycles. The Kier molecular flexibility index (Phi) is 7.67. The highest BCUT2D eigenvalue weighted by atomic mass is 32.2. The van der Waals surface area contributed by atoms with Gasteiger partial charge in [-0.3, -0.25) is 4.90 Å². The molecule has 0 amide bonds. The van der Waals surface area contributed by atoms with Crippen LogP contribution >= 0.6 is 12.2 Å². The molecule has 2 heterocycles. The van der Waals surface area contributed by atoms with E-state index in [-0.39, 0.29) is 29.6 Å². The van der Waals surface area contributed by atoms with Crippen molar-refractivity contribution in [1.82, 2.24) is 9.21 Å². The van der Waals surface area contributed by atoms with Crippen molar-refractivity contribution in [2.75, 3.05) is 44.2 Å². The van der Waals surface area contributed by atoms with Crippen LogP contribution in [0.3, 0.4) is 0 Å². The van der Waals surface area contributed by atoms with Gasteiger partial charge in [0.2, 0.25) is 10.0 Å². The molecule has 36 heavy (non-hydrogen) atoms. The fourth-order valence-electron chi connectivity index (χ4n) is 4.85. The molecule has 1 aromatic rings. The van der Waals surface area contributed by atoms with Crippen molar-refractivity contribution in [2.24, 2.45) is 0 Å². The number of halogens is 3. The van der Waals surface area contributed by atoms with E-state index in [9.17, 15) is 31.8 Å². The summed E-state index contributed by atoms with van der Waals surface area (Å²) in [7, 11) is -3.81. The number of piperazine rings is 1. The standard InChI is InChI=1S/C24H30F3N3O4S2/c1-23(32,24(25,26)27)17-6-8-18(9-7-17)30-13-12-29(15-19(30)14-28-11-10-20(31)16-28)36(33,34)22-5-3-2-4-21(22)35/h2-3,5-9,19-20,31-32H,4,10-16H2,1H3/t19-,20-,23-/m1/s1. The predicted octanol–water partition coefficient (Wildman–Crippen LogP) is 2.56. The van der Waals surface area contributed by atoms with Crippen LogP contribution in [-0.2, 0) is 15.6 Å². The maximum atomic E-state index is 13.4. The molecule has 0 saturated carbocycles. The molecule has 2 fully saturated rings. The lowest BCUT2D eigenvalue weighted by Gasteiger charge is -2.44. The van der Waals surface area contributed by atoms with Crippen LogP contribution in [0, 0.1) is 0 Å². The Labute approximate surface area is 214 Å². The summed E-state index contributed by atoms with van der Waals surface area (Å²) < 4.78 is 68.0. The summed E-state index contributed by atoms with van der Waals surface area (Å²) in [6, 6.07) is 5.24. The van der Waals surface area contributed by atoms with Gasteiger partial charge in [-0.05, 0) is 37.1 Å². The summed E-state index contributed by atoms with van der Waals surface area (Å²) in [6.07, 6.45) is 0.761. The molecule has 2 N–H and O–H groups in total. The number of nitrogens with zero attached hydrogens (tertiary/aromatic N) is 3. The Balaban J connectivity index is 1.59. The highest BCUT2D eigenvalue weighted by Crippen LogP contribution is 2.39. The largest absolute Gasteiger partial charge is 0.421 e. The van der Waals surface area contributed by atoms with E-state index in [1.165, 1.54) is 34.6 Å².